The van der Waals surface area contributed by atoms with Gasteiger partial charge in [-0.3, -0.25) is 0 Å². The Labute approximate surface area is 90.8 Å². The number of rotatable bonds is 1. The van der Waals surface area contributed by atoms with Gasteiger partial charge in [-0.15, -0.1) is 12.4 Å². The lowest BCUT2D eigenvalue weighted by molar-refractivity contribution is 0.176. The molecular formula is C9H8ClF2NO2. The third-order valence-electron chi connectivity index (χ3n) is 2.02. The largest absolute Gasteiger partial charge is 0.447 e. The van der Waals surface area contributed by atoms with E-state index in [-0.39, 0.29) is 24.6 Å². The molecule has 0 spiro atoms. The van der Waals surface area contributed by atoms with E-state index in [1.54, 1.807) is 0 Å². The van der Waals surface area contributed by atoms with Crippen molar-refractivity contribution in [1.29, 1.82) is 0 Å². The molecule has 2 rings (SSSR count). The van der Waals surface area contributed by atoms with Gasteiger partial charge in [-0.05, 0) is 12.1 Å². The van der Waals surface area contributed by atoms with Crippen molar-refractivity contribution in [2.45, 2.75) is 6.04 Å². The molecule has 1 saturated heterocycles. The minimum atomic E-state index is -0.733. The van der Waals surface area contributed by atoms with Crippen LogP contribution in [-0.4, -0.2) is 12.7 Å². The second-order valence-electron chi connectivity index (χ2n) is 2.93. The molecule has 0 unspecified atom stereocenters. The number of benzene rings is 1. The van der Waals surface area contributed by atoms with E-state index >= 15 is 0 Å². The van der Waals surface area contributed by atoms with Crippen molar-refractivity contribution < 1.29 is 18.3 Å². The summed E-state index contributed by atoms with van der Waals surface area (Å²) < 4.78 is 30.9. The lowest BCUT2D eigenvalue weighted by Gasteiger charge is -2.09. The first-order valence-electron chi connectivity index (χ1n) is 4.05. The van der Waals surface area contributed by atoms with Gasteiger partial charge in [0.15, 0.2) is 0 Å². The summed E-state index contributed by atoms with van der Waals surface area (Å²) in [6.45, 7) is -0.0450. The number of alkyl carbamates (subject to hydrolysis) is 1. The SMILES string of the molecule is Cl.O=C1N[C@H](c2c(F)cccc2F)CO1. The zero-order chi connectivity index (χ0) is 10.1. The monoisotopic (exact) mass is 235 g/mol. The van der Waals surface area contributed by atoms with E-state index in [1.807, 2.05) is 0 Å². The zero-order valence-electron chi connectivity index (χ0n) is 7.50. The number of halogens is 3. The molecule has 6 heteroatoms. The Kier molecular flexibility index (Phi) is 3.47. The maximum absolute atomic E-state index is 13.2. The molecule has 0 aromatic heterocycles. The van der Waals surface area contributed by atoms with Crippen molar-refractivity contribution in [2.75, 3.05) is 6.61 Å². The molecular weight excluding hydrogens is 228 g/mol. The van der Waals surface area contributed by atoms with Crippen molar-refractivity contribution in [3.05, 3.63) is 35.4 Å². The second-order valence-corrected chi connectivity index (χ2v) is 2.93. The number of hydrogen-bond donors (Lipinski definition) is 1. The highest BCUT2D eigenvalue weighted by Gasteiger charge is 2.28. The van der Waals surface area contributed by atoms with Crippen LogP contribution in [-0.2, 0) is 4.74 Å². The van der Waals surface area contributed by atoms with Crippen LogP contribution < -0.4 is 5.32 Å². The molecule has 1 aliphatic heterocycles. The maximum atomic E-state index is 13.2. The molecule has 15 heavy (non-hydrogen) atoms. The van der Waals surface area contributed by atoms with E-state index in [2.05, 4.69) is 10.1 Å². The smallest absolute Gasteiger partial charge is 0.407 e. The highest BCUT2D eigenvalue weighted by Crippen LogP contribution is 2.23. The Balaban J connectivity index is 0.00000112. The number of amides is 1. The number of nitrogens with one attached hydrogen (secondary N) is 1. The molecule has 1 aliphatic rings. The van der Waals surface area contributed by atoms with E-state index in [0.29, 0.717) is 0 Å². The van der Waals surface area contributed by atoms with Gasteiger partial charge in [0, 0.05) is 5.56 Å². The van der Waals surface area contributed by atoms with Crippen LogP contribution in [0.2, 0.25) is 0 Å². The Hall–Kier alpha value is -1.36. The summed E-state index contributed by atoms with van der Waals surface area (Å²) in [6.07, 6.45) is -0.655. The normalized spacial score (nSPS) is 19.1. The topological polar surface area (TPSA) is 38.3 Å². The fourth-order valence-electron chi connectivity index (χ4n) is 1.38. The first-order chi connectivity index (χ1) is 6.68. The van der Waals surface area contributed by atoms with E-state index in [0.717, 1.165) is 12.1 Å². The summed E-state index contributed by atoms with van der Waals surface area (Å²) >= 11 is 0. The quantitative estimate of drug-likeness (QED) is 0.810. The minimum Gasteiger partial charge on any atom is -0.447 e. The third-order valence-corrected chi connectivity index (χ3v) is 2.02. The standard InChI is InChI=1S/C9H7F2NO2.ClH/c10-5-2-1-3-6(11)8(5)7-4-14-9(13)12-7;/h1-3,7H,4H2,(H,12,13);1H/t7-;/m0./s1. The van der Waals surface area contributed by atoms with Gasteiger partial charge in [0.2, 0.25) is 0 Å². The molecule has 1 amide bonds. The van der Waals surface area contributed by atoms with Gasteiger partial charge in [-0.2, -0.15) is 0 Å². The molecule has 1 N–H and O–H groups in total. The summed E-state index contributed by atoms with van der Waals surface area (Å²) in [4.78, 5) is 10.7. The molecule has 82 valence electrons. The molecule has 0 radical (unpaired) electrons. The summed E-state index contributed by atoms with van der Waals surface area (Å²) in [6, 6.07) is 2.82. The average Bonchev–Trinajstić information content (AvgIpc) is 2.51. The summed E-state index contributed by atoms with van der Waals surface area (Å²) in [5.74, 6) is -1.36. The fraction of sp³-hybridized carbons (Fsp3) is 0.222. The molecule has 1 heterocycles. The summed E-state index contributed by atoms with van der Waals surface area (Å²) in [5, 5.41) is 2.31. The highest BCUT2D eigenvalue weighted by molar-refractivity contribution is 5.85. The van der Waals surface area contributed by atoms with Crippen LogP contribution >= 0.6 is 12.4 Å². The zero-order valence-corrected chi connectivity index (χ0v) is 8.31. The van der Waals surface area contributed by atoms with E-state index in [9.17, 15) is 13.6 Å². The first kappa shape index (κ1) is 11.7. The molecule has 3 nitrogen and oxygen atoms in total. The molecule has 0 aliphatic carbocycles. The van der Waals surface area contributed by atoms with Gasteiger partial charge in [0.05, 0.1) is 6.04 Å². The van der Waals surface area contributed by atoms with Crippen LogP contribution in [0.15, 0.2) is 18.2 Å². The van der Waals surface area contributed by atoms with Gasteiger partial charge in [-0.1, -0.05) is 6.07 Å². The summed E-state index contributed by atoms with van der Waals surface area (Å²) in [5.41, 5.74) is -0.154. The number of hydrogen-bond acceptors (Lipinski definition) is 2. The maximum Gasteiger partial charge on any atom is 0.407 e. The third kappa shape index (κ3) is 2.18. The molecule has 1 aromatic rings. The van der Waals surface area contributed by atoms with Crippen LogP contribution in [0.4, 0.5) is 13.6 Å². The minimum absolute atomic E-state index is 0. The van der Waals surface area contributed by atoms with Crippen LogP contribution in [0.25, 0.3) is 0 Å². The fourth-order valence-corrected chi connectivity index (χ4v) is 1.38. The predicted octanol–water partition coefficient (Wildman–Crippen LogP) is 2.17. The van der Waals surface area contributed by atoms with Crippen LogP contribution in [0.3, 0.4) is 0 Å². The van der Waals surface area contributed by atoms with Gasteiger partial charge < -0.3 is 10.1 Å². The Bertz CT molecular complexity index is 366. The molecule has 0 saturated carbocycles. The van der Waals surface area contributed by atoms with Crippen molar-refractivity contribution in [1.82, 2.24) is 5.32 Å². The summed E-state index contributed by atoms with van der Waals surface area (Å²) in [7, 11) is 0. The van der Waals surface area contributed by atoms with E-state index in [1.165, 1.54) is 6.07 Å². The molecule has 1 atom stereocenters. The van der Waals surface area contributed by atoms with E-state index < -0.39 is 23.8 Å². The van der Waals surface area contributed by atoms with Gasteiger partial charge >= 0.3 is 6.09 Å². The predicted molar refractivity (Wildman–Crippen MR) is 50.8 cm³/mol. The molecule has 1 fully saturated rings. The Morgan fingerprint density at radius 1 is 1.33 bits per heavy atom. The Morgan fingerprint density at radius 2 is 1.93 bits per heavy atom. The van der Waals surface area contributed by atoms with Crippen LogP contribution in [0.1, 0.15) is 11.6 Å². The molecule has 0 bridgehead atoms. The van der Waals surface area contributed by atoms with Gasteiger partial charge in [0.25, 0.3) is 0 Å². The van der Waals surface area contributed by atoms with Crippen molar-refractivity contribution >= 4 is 18.5 Å². The molecule has 1 aromatic carbocycles. The lowest BCUT2D eigenvalue weighted by Crippen LogP contribution is -2.20. The highest BCUT2D eigenvalue weighted by atomic mass is 35.5. The van der Waals surface area contributed by atoms with Crippen LogP contribution in [0, 0.1) is 11.6 Å². The van der Waals surface area contributed by atoms with Crippen molar-refractivity contribution in [2.24, 2.45) is 0 Å². The number of carbonyl (C=O) groups excluding carboxylic acids is 1. The average molecular weight is 236 g/mol. The first-order valence-corrected chi connectivity index (χ1v) is 4.05. The second kappa shape index (κ2) is 4.44. The van der Waals surface area contributed by atoms with Crippen LogP contribution in [0.5, 0.6) is 0 Å². The van der Waals surface area contributed by atoms with Crippen molar-refractivity contribution in [3.63, 3.8) is 0 Å². The lowest BCUT2D eigenvalue weighted by atomic mass is 10.1. The van der Waals surface area contributed by atoms with Crippen molar-refractivity contribution in [3.8, 4) is 0 Å². The van der Waals surface area contributed by atoms with Gasteiger partial charge in [-0.25, -0.2) is 13.6 Å². The number of carbonyl (C=O) groups is 1. The Morgan fingerprint density at radius 3 is 2.40 bits per heavy atom. The van der Waals surface area contributed by atoms with Gasteiger partial charge in [0.1, 0.15) is 18.2 Å². The number of cyclic esters (lactones) is 1. The number of ether oxygens (including phenoxy) is 1. The van der Waals surface area contributed by atoms with E-state index in [4.69, 9.17) is 0 Å².